The summed E-state index contributed by atoms with van der Waals surface area (Å²) >= 11 is 0. The number of hydrogen-bond acceptors (Lipinski definition) is 7. The Morgan fingerprint density at radius 3 is 2.55 bits per heavy atom. The van der Waals surface area contributed by atoms with Crippen molar-refractivity contribution in [1.82, 2.24) is 0 Å². The van der Waals surface area contributed by atoms with E-state index >= 15 is 0 Å². The van der Waals surface area contributed by atoms with E-state index in [9.17, 15) is 25.5 Å². The highest BCUT2D eigenvalue weighted by Crippen LogP contribution is 2.38. The summed E-state index contributed by atoms with van der Waals surface area (Å²) < 4.78 is 11.6. The second kappa shape index (κ2) is 7.93. The highest BCUT2D eigenvalue weighted by Gasteiger charge is 2.44. The second-order valence-corrected chi connectivity index (χ2v) is 7.90. The fraction of sp³-hybridized carbons (Fsp3) is 0.455. The van der Waals surface area contributed by atoms with E-state index in [1.165, 1.54) is 17.2 Å². The van der Waals surface area contributed by atoms with Crippen molar-refractivity contribution in [2.45, 2.75) is 56.4 Å². The predicted octanol–water partition coefficient (Wildman–Crippen LogP) is 0.762. The number of hydrogen-bond donors (Lipinski definition) is 5. The van der Waals surface area contributed by atoms with Crippen LogP contribution in [-0.4, -0.2) is 62.7 Å². The van der Waals surface area contributed by atoms with Crippen LogP contribution in [0.3, 0.4) is 0 Å². The van der Waals surface area contributed by atoms with E-state index < -0.39 is 37.1 Å². The molecule has 156 valence electrons. The summed E-state index contributed by atoms with van der Waals surface area (Å²) in [7, 11) is 0. The number of benzene rings is 2. The smallest absolute Gasteiger partial charge is 0.123 e. The molecule has 6 atom stereocenters. The van der Waals surface area contributed by atoms with Crippen LogP contribution in [0.1, 0.15) is 28.4 Å². The van der Waals surface area contributed by atoms with Crippen LogP contribution in [0, 0.1) is 6.92 Å². The maximum atomic E-state index is 10.4. The fourth-order valence-electron chi connectivity index (χ4n) is 4.14. The number of ether oxygens (including phenoxy) is 2. The summed E-state index contributed by atoms with van der Waals surface area (Å²) in [4.78, 5) is 0. The van der Waals surface area contributed by atoms with Gasteiger partial charge >= 0.3 is 0 Å². The lowest BCUT2D eigenvalue weighted by atomic mass is 9.89. The van der Waals surface area contributed by atoms with Crippen molar-refractivity contribution < 1.29 is 35.0 Å². The lowest BCUT2D eigenvalue weighted by molar-refractivity contribution is -0.232. The Labute approximate surface area is 168 Å². The summed E-state index contributed by atoms with van der Waals surface area (Å²) in [6, 6.07) is 11.1. The van der Waals surface area contributed by atoms with Crippen molar-refractivity contribution in [3.05, 3.63) is 58.7 Å². The molecule has 29 heavy (non-hydrogen) atoms. The third-order valence-electron chi connectivity index (χ3n) is 5.71. The molecule has 0 aromatic heterocycles. The van der Waals surface area contributed by atoms with Crippen molar-refractivity contribution in [2.24, 2.45) is 0 Å². The number of phenolic OH excluding ortho intramolecular Hbond substituents is 1. The Morgan fingerprint density at radius 2 is 1.79 bits per heavy atom. The molecule has 3 unspecified atom stereocenters. The average Bonchev–Trinajstić information content (AvgIpc) is 3.09. The monoisotopic (exact) mass is 402 g/mol. The topological polar surface area (TPSA) is 120 Å². The van der Waals surface area contributed by atoms with Gasteiger partial charge in [-0.15, -0.1) is 0 Å². The Morgan fingerprint density at radius 1 is 1.00 bits per heavy atom. The van der Waals surface area contributed by atoms with Gasteiger partial charge in [0.2, 0.25) is 0 Å². The van der Waals surface area contributed by atoms with Crippen LogP contribution < -0.4 is 4.74 Å². The fourth-order valence-corrected chi connectivity index (χ4v) is 4.14. The minimum absolute atomic E-state index is 0.0426. The number of rotatable bonds is 4. The molecular formula is C22H26O7. The van der Waals surface area contributed by atoms with Crippen LogP contribution in [0.15, 0.2) is 36.4 Å². The molecule has 4 rings (SSSR count). The zero-order valence-corrected chi connectivity index (χ0v) is 16.1. The molecule has 5 N–H and O–H groups in total. The minimum Gasteiger partial charge on any atom is -0.508 e. The lowest BCUT2D eigenvalue weighted by Crippen LogP contribution is -2.55. The van der Waals surface area contributed by atoms with Crippen molar-refractivity contribution in [2.75, 3.05) is 6.61 Å². The average molecular weight is 402 g/mol. The first kappa shape index (κ1) is 20.1. The second-order valence-electron chi connectivity index (χ2n) is 7.90. The zero-order valence-electron chi connectivity index (χ0n) is 16.1. The predicted molar refractivity (Wildman–Crippen MR) is 104 cm³/mol. The molecule has 1 saturated heterocycles. The van der Waals surface area contributed by atoms with Crippen LogP contribution in [-0.2, 0) is 17.6 Å². The van der Waals surface area contributed by atoms with Gasteiger partial charge in [0.05, 0.1) is 6.61 Å². The van der Waals surface area contributed by atoms with Gasteiger partial charge < -0.3 is 35.0 Å². The van der Waals surface area contributed by atoms with E-state index in [0.29, 0.717) is 12.0 Å². The van der Waals surface area contributed by atoms with Crippen LogP contribution in [0.2, 0.25) is 0 Å². The standard InChI is InChI=1S/C22H26O7/c1-11-2-5-17-13(6-11)9-14(28-17)7-12-3-4-16(24)15(8-12)22-21(27)20(26)19(25)18(10-23)29-22/h2-6,8,14,18-27H,7,9-10H2,1H3/t14?,18-,19-,20?,21-,22?/m1/s1. The summed E-state index contributed by atoms with van der Waals surface area (Å²) in [5.41, 5.74) is 3.53. The first-order chi connectivity index (χ1) is 13.9. The molecule has 2 aromatic carbocycles. The Hall–Kier alpha value is -2.16. The maximum absolute atomic E-state index is 10.4. The summed E-state index contributed by atoms with van der Waals surface area (Å²) in [5, 5.41) is 50.1. The molecule has 0 radical (unpaired) electrons. The highest BCUT2D eigenvalue weighted by molar-refractivity contribution is 5.42. The van der Waals surface area contributed by atoms with Gasteiger partial charge in [-0.25, -0.2) is 0 Å². The minimum atomic E-state index is -1.50. The van der Waals surface area contributed by atoms with E-state index in [1.54, 1.807) is 12.1 Å². The molecular weight excluding hydrogens is 376 g/mol. The van der Waals surface area contributed by atoms with Crippen LogP contribution >= 0.6 is 0 Å². The van der Waals surface area contributed by atoms with Crippen LogP contribution in [0.5, 0.6) is 11.5 Å². The van der Waals surface area contributed by atoms with Crippen molar-refractivity contribution in [3.8, 4) is 11.5 Å². The Kier molecular flexibility index (Phi) is 5.50. The number of aromatic hydroxyl groups is 1. The molecule has 0 bridgehead atoms. The lowest BCUT2D eigenvalue weighted by Gasteiger charge is -2.40. The van der Waals surface area contributed by atoms with Crippen molar-refractivity contribution >= 4 is 0 Å². The number of aryl methyl sites for hydroxylation is 1. The third kappa shape index (κ3) is 3.84. The molecule has 2 aliphatic heterocycles. The molecule has 0 amide bonds. The maximum Gasteiger partial charge on any atom is 0.123 e. The summed E-state index contributed by atoms with van der Waals surface area (Å²) in [5.74, 6) is 0.790. The van der Waals surface area contributed by atoms with E-state index in [0.717, 1.165) is 17.7 Å². The largest absolute Gasteiger partial charge is 0.508 e. The molecule has 0 spiro atoms. The van der Waals surface area contributed by atoms with Gasteiger partial charge in [-0.3, -0.25) is 0 Å². The molecule has 7 heteroatoms. The quantitative estimate of drug-likeness (QED) is 0.512. The normalized spacial score (nSPS) is 31.3. The summed E-state index contributed by atoms with van der Waals surface area (Å²) in [6.07, 6.45) is -5.14. The van der Waals surface area contributed by atoms with Gasteiger partial charge in [-0.1, -0.05) is 23.8 Å². The first-order valence-corrected chi connectivity index (χ1v) is 9.76. The van der Waals surface area contributed by atoms with E-state index in [-0.39, 0.29) is 11.9 Å². The van der Waals surface area contributed by atoms with Gasteiger partial charge in [-0.2, -0.15) is 0 Å². The van der Waals surface area contributed by atoms with Gasteiger partial charge in [0, 0.05) is 18.4 Å². The zero-order chi connectivity index (χ0) is 20.7. The van der Waals surface area contributed by atoms with Gasteiger partial charge in [0.1, 0.15) is 48.1 Å². The van der Waals surface area contributed by atoms with Gasteiger partial charge in [-0.05, 0) is 36.2 Å². The van der Waals surface area contributed by atoms with Gasteiger partial charge in [0.15, 0.2) is 0 Å². The molecule has 1 fully saturated rings. The molecule has 2 aliphatic rings. The SMILES string of the molecule is Cc1ccc2c(c1)CC(Cc1ccc(O)c(C3O[C@H](CO)[C@@H](O)C(O)[C@H]3O)c1)O2. The van der Waals surface area contributed by atoms with E-state index in [2.05, 4.69) is 6.07 Å². The van der Waals surface area contributed by atoms with Crippen LogP contribution in [0.4, 0.5) is 0 Å². The number of phenols is 1. The van der Waals surface area contributed by atoms with Crippen molar-refractivity contribution in [1.29, 1.82) is 0 Å². The summed E-state index contributed by atoms with van der Waals surface area (Å²) in [6.45, 7) is 1.52. The van der Waals surface area contributed by atoms with Gasteiger partial charge in [0.25, 0.3) is 0 Å². The molecule has 2 heterocycles. The third-order valence-corrected chi connectivity index (χ3v) is 5.71. The molecule has 2 aromatic rings. The highest BCUT2D eigenvalue weighted by atomic mass is 16.5. The molecule has 0 saturated carbocycles. The number of aliphatic hydroxyl groups is 4. The Bertz CT molecular complexity index is 881. The van der Waals surface area contributed by atoms with E-state index in [1.807, 2.05) is 19.1 Å². The van der Waals surface area contributed by atoms with Crippen molar-refractivity contribution in [3.63, 3.8) is 0 Å². The number of fused-ring (bicyclic) bond motifs is 1. The first-order valence-electron chi connectivity index (χ1n) is 9.76. The Balaban J connectivity index is 1.54. The van der Waals surface area contributed by atoms with E-state index in [4.69, 9.17) is 9.47 Å². The number of aliphatic hydroxyl groups excluding tert-OH is 4. The van der Waals surface area contributed by atoms with Crippen LogP contribution in [0.25, 0.3) is 0 Å². The molecule has 0 aliphatic carbocycles. The molecule has 7 nitrogen and oxygen atoms in total.